The van der Waals surface area contributed by atoms with E-state index < -0.39 is 0 Å². The van der Waals surface area contributed by atoms with Gasteiger partial charge in [-0.05, 0) is 51.9 Å². The van der Waals surface area contributed by atoms with Crippen LogP contribution < -0.4 is 0 Å². The highest BCUT2D eigenvalue weighted by atomic mass is 15.2. The molecule has 0 aromatic heterocycles. The molecule has 2 aliphatic heterocycles. The van der Waals surface area contributed by atoms with Crippen LogP contribution >= 0.6 is 0 Å². The minimum atomic E-state index is 1.19. The quantitative estimate of drug-likeness (QED) is 0.654. The molecule has 2 fully saturated rings. The van der Waals surface area contributed by atoms with Crippen LogP contribution in [0.2, 0.25) is 0 Å². The Morgan fingerprint density at radius 3 is 2.08 bits per heavy atom. The summed E-state index contributed by atoms with van der Waals surface area (Å²) >= 11 is 0. The Kier molecular flexibility index (Phi) is 3.62. The molecule has 2 saturated heterocycles. The fraction of sp³-hybridized carbons (Fsp3) is 0.909. The highest BCUT2D eigenvalue weighted by Crippen LogP contribution is 2.12. The molecule has 13 heavy (non-hydrogen) atoms. The summed E-state index contributed by atoms with van der Waals surface area (Å²) in [5.41, 5.74) is 0. The second kappa shape index (κ2) is 4.97. The van der Waals surface area contributed by atoms with Gasteiger partial charge in [0.15, 0.2) is 0 Å². The predicted molar refractivity (Wildman–Crippen MR) is 55.4 cm³/mol. The first-order chi connectivity index (χ1) is 6.45. The molecule has 0 atom stereocenters. The Balaban J connectivity index is 1.60. The number of rotatable bonds is 3. The van der Waals surface area contributed by atoms with E-state index in [-0.39, 0.29) is 0 Å². The van der Waals surface area contributed by atoms with Gasteiger partial charge in [-0.15, -0.1) is 0 Å². The van der Waals surface area contributed by atoms with E-state index in [1.807, 2.05) is 0 Å². The molecule has 0 saturated carbocycles. The highest BCUT2D eigenvalue weighted by molar-refractivity contribution is 4.78. The van der Waals surface area contributed by atoms with Gasteiger partial charge in [0, 0.05) is 13.1 Å². The Morgan fingerprint density at radius 2 is 1.38 bits per heavy atom. The lowest BCUT2D eigenvalue weighted by atomic mass is 10.1. The monoisotopic (exact) mass is 181 g/mol. The number of piperidine rings is 1. The van der Waals surface area contributed by atoms with Crippen molar-refractivity contribution in [2.75, 3.05) is 32.7 Å². The Bertz CT molecular complexity index is 135. The molecule has 1 radical (unpaired) electrons. The largest absolute Gasteiger partial charge is 0.302 e. The van der Waals surface area contributed by atoms with Gasteiger partial charge < -0.3 is 4.90 Å². The lowest BCUT2D eigenvalue weighted by molar-refractivity contribution is 0.222. The molecule has 0 unspecified atom stereocenters. The molecule has 2 heteroatoms. The third kappa shape index (κ3) is 2.96. The van der Waals surface area contributed by atoms with E-state index in [4.69, 9.17) is 0 Å². The molecule has 0 bridgehead atoms. The van der Waals surface area contributed by atoms with Crippen molar-refractivity contribution >= 4 is 0 Å². The van der Waals surface area contributed by atoms with Gasteiger partial charge in [0.1, 0.15) is 0 Å². The molecule has 0 N–H and O–H groups in total. The zero-order chi connectivity index (χ0) is 8.93. The molecule has 2 rings (SSSR count). The highest BCUT2D eigenvalue weighted by Gasteiger charge is 2.14. The fourth-order valence-corrected chi connectivity index (χ4v) is 2.30. The van der Waals surface area contributed by atoms with Gasteiger partial charge in [-0.3, -0.25) is 4.90 Å². The van der Waals surface area contributed by atoms with E-state index in [1.54, 1.807) is 0 Å². The van der Waals surface area contributed by atoms with Crippen LogP contribution in [0.1, 0.15) is 32.1 Å². The van der Waals surface area contributed by atoms with Gasteiger partial charge in [0.05, 0.1) is 0 Å². The van der Waals surface area contributed by atoms with Crippen LogP contribution in [-0.2, 0) is 0 Å². The van der Waals surface area contributed by atoms with Gasteiger partial charge in [-0.25, -0.2) is 0 Å². The van der Waals surface area contributed by atoms with Gasteiger partial charge in [-0.2, -0.15) is 0 Å². The van der Waals surface area contributed by atoms with E-state index in [0.717, 1.165) is 0 Å². The van der Waals surface area contributed by atoms with Crippen LogP contribution in [0.15, 0.2) is 0 Å². The minimum absolute atomic E-state index is 1.19. The number of hydrogen-bond acceptors (Lipinski definition) is 2. The molecular weight excluding hydrogens is 160 g/mol. The summed E-state index contributed by atoms with van der Waals surface area (Å²) in [6.45, 7) is 8.86. The third-order valence-corrected chi connectivity index (χ3v) is 3.19. The minimum Gasteiger partial charge on any atom is -0.302 e. The van der Waals surface area contributed by atoms with Gasteiger partial charge in [0.2, 0.25) is 0 Å². The van der Waals surface area contributed by atoms with Gasteiger partial charge in [0.25, 0.3) is 0 Å². The van der Waals surface area contributed by atoms with Gasteiger partial charge >= 0.3 is 0 Å². The maximum Gasteiger partial charge on any atom is 0.0391 e. The molecular formula is C11H21N2. The zero-order valence-corrected chi connectivity index (χ0v) is 8.54. The molecule has 0 aromatic carbocycles. The van der Waals surface area contributed by atoms with Crippen molar-refractivity contribution in [2.45, 2.75) is 32.1 Å². The fourth-order valence-electron chi connectivity index (χ4n) is 2.30. The number of hydrogen-bond donors (Lipinski definition) is 0. The van der Waals surface area contributed by atoms with Crippen LogP contribution in [-0.4, -0.2) is 42.5 Å². The van der Waals surface area contributed by atoms with Crippen molar-refractivity contribution in [1.29, 1.82) is 0 Å². The third-order valence-electron chi connectivity index (χ3n) is 3.19. The van der Waals surface area contributed by atoms with Crippen molar-refractivity contribution in [2.24, 2.45) is 0 Å². The number of likely N-dealkylation sites (tertiary alicyclic amines) is 2. The normalized spacial score (nSPS) is 26.8. The smallest absolute Gasteiger partial charge is 0.0391 e. The maximum atomic E-state index is 2.59. The maximum absolute atomic E-state index is 2.59. The van der Waals surface area contributed by atoms with Crippen LogP contribution in [0.3, 0.4) is 0 Å². The zero-order valence-electron chi connectivity index (χ0n) is 8.54. The molecule has 0 amide bonds. The second-order valence-corrected chi connectivity index (χ2v) is 4.29. The average Bonchev–Trinajstić information content (AvgIpc) is 2.69. The first-order valence-electron chi connectivity index (χ1n) is 5.75. The van der Waals surface area contributed by atoms with Crippen LogP contribution in [0.5, 0.6) is 0 Å². The van der Waals surface area contributed by atoms with E-state index >= 15 is 0 Å². The van der Waals surface area contributed by atoms with E-state index in [1.165, 1.54) is 64.8 Å². The van der Waals surface area contributed by atoms with Crippen LogP contribution in [0, 0.1) is 6.54 Å². The molecule has 2 nitrogen and oxygen atoms in total. The van der Waals surface area contributed by atoms with E-state index in [0.29, 0.717) is 0 Å². The first kappa shape index (κ1) is 9.47. The van der Waals surface area contributed by atoms with Crippen LogP contribution in [0.25, 0.3) is 0 Å². The van der Waals surface area contributed by atoms with Crippen molar-refractivity contribution < 1.29 is 0 Å². The standard InChI is InChI=1S/C11H21N2/c1-2-6-12(7-3-1)10-11-13-8-4-5-9-13/h11H,1-10H2. The summed E-state index contributed by atoms with van der Waals surface area (Å²) in [5.74, 6) is 0. The topological polar surface area (TPSA) is 6.48 Å². The van der Waals surface area contributed by atoms with Crippen molar-refractivity contribution in [1.82, 2.24) is 9.80 Å². The first-order valence-corrected chi connectivity index (χ1v) is 5.75. The van der Waals surface area contributed by atoms with E-state index in [2.05, 4.69) is 16.3 Å². The SMILES string of the molecule is [CH](CN1CCCCC1)N1CCCC1. The van der Waals surface area contributed by atoms with Crippen molar-refractivity contribution in [3.8, 4) is 0 Å². The average molecular weight is 181 g/mol. The Hall–Kier alpha value is -0.0800. The summed E-state index contributed by atoms with van der Waals surface area (Å²) in [5, 5.41) is 0. The van der Waals surface area contributed by atoms with Crippen molar-refractivity contribution in [3.63, 3.8) is 0 Å². The molecule has 2 aliphatic rings. The van der Waals surface area contributed by atoms with Crippen LogP contribution in [0.4, 0.5) is 0 Å². The Morgan fingerprint density at radius 1 is 0.769 bits per heavy atom. The van der Waals surface area contributed by atoms with E-state index in [9.17, 15) is 0 Å². The number of nitrogens with zero attached hydrogens (tertiary/aromatic N) is 2. The predicted octanol–water partition coefficient (Wildman–Crippen LogP) is 1.73. The summed E-state index contributed by atoms with van der Waals surface area (Å²) in [7, 11) is 0. The lowest BCUT2D eigenvalue weighted by Gasteiger charge is -2.27. The molecule has 75 valence electrons. The summed E-state index contributed by atoms with van der Waals surface area (Å²) in [6.07, 6.45) is 7.06. The van der Waals surface area contributed by atoms with Crippen molar-refractivity contribution in [3.05, 3.63) is 6.54 Å². The second-order valence-electron chi connectivity index (χ2n) is 4.29. The summed E-state index contributed by atoms with van der Waals surface area (Å²) < 4.78 is 0. The van der Waals surface area contributed by atoms with Gasteiger partial charge in [-0.1, -0.05) is 6.42 Å². The Labute approximate surface area is 81.9 Å². The molecule has 0 spiro atoms. The lowest BCUT2D eigenvalue weighted by Crippen LogP contribution is -2.34. The molecule has 0 aromatic rings. The molecule has 2 heterocycles. The summed E-state index contributed by atoms with van der Waals surface area (Å²) in [4.78, 5) is 5.08. The summed E-state index contributed by atoms with van der Waals surface area (Å²) in [6, 6.07) is 0. The molecule has 0 aliphatic carbocycles.